The zero-order chi connectivity index (χ0) is 19.3. The Morgan fingerprint density at radius 1 is 1.22 bits per heavy atom. The lowest BCUT2D eigenvalue weighted by Gasteiger charge is -2.10. The second-order valence-electron chi connectivity index (χ2n) is 5.77. The summed E-state index contributed by atoms with van der Waals surface area (Å²) in [6, 6.07) is 10.5. The van der Waals surface area contributed by atoms with Crippen molar-refractivity contribution in [2.75, 3.05) is 5.75 Å². The van der Waals surface area contributed by atoms with E-state index in [-0.39, 0.29) is 12.3 Å². The summed E-state index contributed by atoms with van der Waals surface area (Å²) in [6.45, 7) is 0.133. The number of hydrogen-bond donors (Lipinski definition) is 1. The molecule has 0 aliphatic heterocycles. The first-order chi connectivity index (χ1) is 12.9. The summed E-state index contributed by atoms with van der Waals surface area (Å²) in [5.74, 6) is -0.833. The lowest BCUT2D eigenvalue weighted by molar-refractivity contribution is -0.118. The molecule has 0 fully saturated rings. The second kappa shape index (κ2) is 8.40. The monoisotopic (exact) mass is 449 g/mol. The molecule has 0 radical (unpaired) electrons. The second-order valence-corrected chi connectivity index (χ2v) is 8.75. The number of hydrogen-bond acceptors (Lipinski definition) is 6. The first kappa shape index (κ1) is 19.2. The maximum absolute atomic E-state index is 12.3. The molecule has 1 amide bonds. The van der Waals surface area contributed by atoms with Crippen LogP contribution in [0.1, 0.15) is 11.1 Å². The predicted octanol–water partition coefficient (Wildman–Crippen LogP) is 1.66. The Bertz CT molecular complexity index is 1040. The van der Waals surface area contributed by atoms with E-state index in [1.165, 1.54) is 17.3 Å². The third kappa shape index (κ3) is 5.44. The molecule has 3 rings (SSSR count). The van der Waals surface area contributed by atoms with E-state index in [9.17, 15) is 13.2 Å². The van der Waals surface area contributed by atoms with Crippen molar-refractivity contribution >= 4 is 31.7 Å². The molecule has 1 N–H and O–H groups in total. The van der Waals surface area contributed by atoms with Gasteiger partial charge >= 0.3 is 0 Å². The number of sulfone groups is 1. The van der Waals surface area contributed by atoms with E-state index in [0.29, 0.717) is 16.9 Å². The highest BCUT2D eigenvalue weighted by molar-refractivity contribution is 9.10. The zero-order valence-corrected chi connectivity index (χ0v) is 16.5. The van der Waals surface area contributed by atoms with Crippen molar-refractivity contribution in [3.05, 3.63) is 70.8 Å². The molecule has 8 nitrogen and oxygen atoms in total. The van der Waals surface area contributed by atoms with Crippen molar-refractivity contribution < 1.29 is 13.2 Å². The van der Waals surface area contributed by atoms with Crippen LogP contribution in [0.5, 0.6) is 0 Å². The van der Waals surface area contributed by atoms with E-state index in [0.717, 1.165) is 4.47 Å². The topological polar surface area (TPSA) is 107 Å². The number of carbonyl (C=O) groups excluding carboxylic acids is 1. The molecule has 0 aliphatic rings. The molecule has 2 aromatic heterocycles. The highest BCUT2D eigenvalue weighted by Crippen LogP contribution is 2.14. The molecule has 0 saturated carbocycles. The number of halogens is 1. The van der Waals surface area contributed by atoms with Crippen LogP contribution in [0.2, 0.25) is 0 Å². The van der Waals surface area contributed by atoms with E-state index < -0.39 is 21.5 Å². The van der Waals surface area contributed by atoms with Crippen LogP contribution in [-0.4, -0.2) is 39.8 Å². The minimum Gasteiger partial charge on any atom is -0.351 e. The van der Waals surface area contributed by atoms with E-state index in [4.69, 9.17) is 0 Å². The average molecular weight is 450 g/mol. The van der Waals surface area contributed by atoms with Crippen molar-refractivity contribution in [1.82, 2.24) is 25.1 Å². The molecule has 2 heterocycles. The fraction of sp³-hybridized carbons (Fsp3) is 0.176. The third-order valence-corrected chi connectivity index (χ3v) is 5.57. The Kier molecular flexibility index (Phi) is 5.97. The zero-order valence-electron chi connectivity index (χ0n) is 14.1. The molecule has 140 valence electrons. The molecule has 27 heavy (non-hydrogen) atoms. The van der Waals surface area contributed by atoms with Gasteiger partial charge in [-0.15, -0.1) is 0 Å². The van der Waals surface area contributed by atoms with Gasteiger partial charge in [-0.2, -0.15) is 5.10 Å². The fourth-order valence-corrected chi connectivity index (χ4v) is 4.21. The van der Waals surface area contributed by atoms with Crippen LogP contribution in [0, 0.1) is 0 Å². The van der Waals surface area contributed by atoms with Crippen molar-refractivity contribution in [2.24, 2.45) is 0 Å². The lowest BCUT2D eigenvalue weighted by atomic mass is 10.2. The summed E-state index contributed by atoms with van der Waals surface area (Å²) in [7, 11) is -3.58. The van der Waals surface area contributed by atoms with Crippen molar-refractivity contribution in [3.8, 4) is 5.82 Å². The van der Waals surface area contributed by atoms with Gasteiger partial charge in [0.1, 0.15) is 18.4 Å². The summed E-state index contributed by atoms with van der Waals surface area (Å²) in [6.07, 6.45) is 4.48. The SMILES string of the molecule is O=C(CS(=O)(=O)Cc1cccc(Br)c1)NCc1cccnc1-n1cncn1. The van der Waals surface area contributed by atoms with Gasteiger partial charge in [0, 0.05) is 22.8 Å². The Hall–Kier alpha value is -2.59. The number of nitrogens with one attached hydrogen (secondary N) is 1. The van der Waals surface area contributed by atoms with E-state index in [1.54, 1.807) is 36.5 Å². The van der Waals surface area contributed by atoms with Gasteiger partial charge in [-0.25, -0.2) is 23.1 Å². The van der Waals surface area contributed by atoms with Gasteiger partial charge < -0.3 is 5.32 Å². The Morgan fingerprint density at radius 3 is 2.81 bits per heavy atom. The largest absolute Gasteiger partial charge is 0.351 e. The molecule has 0 aliphatic carbocycles. The van der Waals surface area contributed by atoms with Gasteiger partial charge in [0.25, 0.3) is 0 Å². The van der Waals surface area contributed by atoms with Crippen LogP contribution in [0.4, 0.5) is 0 Å². The van der Waals surface area contributed by atoms with Crippen LogP contribution < -0.4 is 5.32 Å². The van der Waals surface area contributed by atoms with Crippen molar-refractivity contribution in [1.29, 1.82) is 0 Å². The van der Waals surface area contributed by atoms with E-state index >= 15 is 0 Å². The average Bonchev–Trinajstić information content (AvgIpc) is 3.14. The normalized spacial score (nSPS) is 11.3. The van der Waals surface area contributed by atoms with Crippen LogP contribution >= 0.6 is 15.9 Å². The molecule has 0 bridgehead atoms. The molecule has 0 atom stereocenters. The van der Waals surface area contributed by atoms with Gasteiger partial charge in [-0.1, -0.05) is 34.1 Å². The lowest BCUT2D eigenvalue weighted by Crippen LogP contribution is -2.30. The van der Waals surface area contributed by atoms with Crippen molar-refractivity contribution in [2.45, 2.75) is 12.3 Å². The highest BCUT2D eigenvalue weighted by atomic mass is 79.9. The number of nitrogens with zero attached hydrogens (tertiary/aromatic N) is 4. The quantitative estimate of drug-likeness (QED) is 0.587. The number of benzene rings is 1. The maximum Gasteiger partial charge on any atom is 0.235 e. The number of pyridine rings is 1. The summed E-state index contributed by atoms with van der Waals surface area (Å²) in [4.78, 5) is 20.2. The van der Waals surface area contributed by atoms with Crippen LogP contribution in [-0.2, 0) is 26.9 Å². The molecular formula is C17H16BrN5O3S. The minimum atomic E-state index is -3.58. The Labute approximate surface area is 164 Å². The summed E-state index contributed by atoms with van der Waals surface area (Å²) < 4.78 is 26.8. The van der Waals surface area contributed by atoms with Gasteiger partial charge in [0.15, 0.2) is 15.7 Å². The molecule has 3 aromatic rings. The van der Waals surface area contributed by atoms with Gasteiger partial charge in [-0.05, 0) is 23.8 Å². The van der Waals surface area contributed by atoms with Gasteiger partial charge in [0.2, 0.25) is 5.91 Å². The van der Waals surface area contributed by atoms with E-state index in [1.807, 2.05) is 6.07 Å². The summed E-state index contributed by atoms with van der Waals surface area (Å²) in [5.41, 5.74) is 1.32. The smallest absolute Gasteiger partial charge is 0.235 e. The molecular weight excluding hydrogens is 434 g/mol. The fourth-order valence-electron chi connectivity index (χ4n) is 2.47. The third-order valence-electron chi connectivity index (χ3n) is 3.61. The summed E-state index contributed by atoms with van der Waals surface area (Å²) >= 11 is 3.30. The van der Waals surface area contributed by atoms with Crippen LogP contribution in [0.3, 0.4) is 0 Å². The number of rotatable bonds is 7. The van der Waals surface area contributed by atoms with E-state index in [2.05, 4.69) is 36.3 Å². The molecule has 0 saturated heterocycles. The van der Waals surface area contributed by atoms with Crippen LogP contribution in [0.15, 0.2) is 59.7 Å². The number of carbonyl (C=O) groups is 1. The molecule has 0 spiro atoms. The molecule has 0 unspecified atom stereocenters. The molecule has 10 heteroatoms. The van der Waals surface area contributed by atoms with Crippen LogP contribution in [0.25, 0.3) is 5.82 Å². The summed E-state index contributed by atoms with van der Waals surface area (Å²) in [5, 5.41) is 6.64. The predicted molar refractivity (Wildman–Crippen MR) is 103 cm³/mol. The molecule has 1 aromatic carbocycles. The number of amides is 1. The first-order valence-corrected chi connectivity index (χ1v) is 10.5. The van der Waals surface area contributed by atoms with Gasteiger partial charge in [0.05, 0.1) is 5.75 Å². The Morgan fingerprint density at radius 2 is 2.07 bits per heavy atom. The standard InChI is InChI=1S/C17H16BrN5O3S/c18-15-5-1-3-13(7-15)9-27(25,26)10-16(24)21-8-14-4-2-6-20-17(14)23-12-19-11-22-23/h1-7,11-12H,8-10H2,(H,21,24). The maximum atomic E-state index is 12.3. The first-order valence-electron chi connectivity index (χ1n) is 7.93. The number of aromatic nitrogens is 4. The highest BCUT2D eigenvalue weighted by Gasteiger charge is 2.18. The van der Waals surface area contributed by atoms with Gasteiger partial charge in [-0.3, -0.25) is 4.79 Å². The Balaban J connectivity index is 1.62. The van der Waals surface area contributed by atoms with Crippen molar-refractivity contribution in [3.63, 3.8) is 0 Å². The minimum absolute atomic E-state index is 0.133.